The van der Waals surface area contributed by atoms with Crippen LogP contribution in [-0.4, -0.2) is 31.3 Å². The molecule has 3 aromatic heterocycles. The molecule has 0 aliphatic heterocycles. The molecule has 0 spiro atoms. The number of thioether (sulfide) groups is 1. The van der Waals surface area contributed by atoms with Crippen LogP contribution in [0, 0.1) is 0 Å². The summed E-state index contributed by atoms with van der Waals surface area (Å²) in [6.07, 6.45) is -0.814. The van der Waals surface area contributed by atoms with Crippen molar-refractivity contribution in [2.24, 2.45) is 7.05 Å². The van der Waals surface area contributed by atoms with Gasteiger partial charge < -0.3 is 0 Å². The number of rotatable bonds is 4. The molecular formula is C24H16ClF3N4OS. The lowest BCUT2D eigenvalue weighted by atomic mass is 10.0. The first kappa shape index (κ1) is 22.5. The highest BCUT2D eigenvalue weighted by Crippen LogP contribution is 2.31. The van der Waals surface area contributed by atoms with E-state index in [9.17, 15) is 18.0 Å². The molecule has 0 unspecified atom stereocenters. The second kappa shape index (κ2) is 8.48. The first-order chi connectivity index (χ1) is 16.2. The summed E-state index contributed by atoms with van der Waals surface area (Å²) in [7, 11) is 1.82. The van der Waals surface area contributed by atoms with Crippen LogP contribution in [0.1, 0.15) is 0 Å². The molecule has 10 heteroatoms. The van der Waals surface area contributed by atoms with Crippen molar-refractivity contribution in [3.05, 3.63) is 82.4 Å². The van der Waals surface area contributed by atoms with E-state index in [1.807, 2.05) is 25.4 Å². The molecule has 0 aliphatic carbocycles. The Bertz CT molecular complexity index is 1590. The van der Waals surface area contributed by atoms with E-state index < -0.39 is 11.9 Å². The van der Waals surface area contributed by atoms with Crippen LogP contribution >= 0.6 is 23.4 Å². The zero-order valence-electron chi connectivity index (χ0n) is 17.7. The van der Waals surface area contributed by atoms with E-state index in [2.05, 4.69) is 10.1 Å². The zero-order valence-corrected chi connectivity index (χ0v) is 19.2. The Morgan fingerprint density at radius 2 is 1.76 bits per heavy atom. The number of pyridine rings is 2. The minimum absolute atomic E-state index is 0.189. The maximum absolute atomic E-state index is 13.7. The number of hydrogen-bond donors (Lipinski definition) is 0. The number of benzene rings is 2. The quantitative estimate of drug-likeness (QED) is 0.274. The van der Waals surface area contributed by atoms with Crippen LogP contribution in [0.2, 0.25) is 5.02 Å². The summed E-state index contributed by atoms with van der Waals surface area (Å²) < 4.78 is 41.4. The molecule has 5 rings (SSSR count). The lowest BCUT2D eigenvalue weighted by Gasteiger charge is -2.13. The molecule has 2 aromatic carbocycles. The molecule has 0 amide bonds. The van der Waals surface area contributed by atoms with Gasteiger partial charge in [-0.15, -0.1) is 0 Å². The molecule has 0 fully saturated rings. The number of alkyl halides is 3. The van der Waals surface area contributed by atoms with Gasteiger partial charge in [-0.25, -0.2) is 4.98 Å². The van der Waals surface area contributed by atoms with Crippen molar-refractivity contribution < 1.29 is 13.2 Å². The highest BCUT2D eigenvalue weighted by atomic mass is 35.5. The van der Waals surface area contributed by atoms with Gasteiger partial charge in [0.25, 0.3) is 5.56 Å². The monoisotopic (exact) mass is 500 g/mol. The summed E-state index contributed by atoms with van der Waals surface area (Å²) in [5.41, 5.74) is 2.28. The molecule has 172 valence electrons. The van der Waals surface area contributed by atoms with Gasteiger partial charge in [0.05, 0.1) is 27.4 Å². The van der Waals surface area contributed by atoms with Crippen molar-refractivity contribution in [2.45, 2.75) is 11.2 Å². The van der Waals surface area contributed by atoms with Crippen LogP contribution in [0.3, 0.4) is 0 Å². The molecule has 3 heterocycles. The van der Waals surface area contributed by atoms with Gasteiger partial charge in [0.1, 0.15) is 0 Å². The molecule has 5 aromatic rings. The van der Waals surface area contributed by atoms with E-state index in [0.717, 1.165) is 10.9 Å². The van der Waals surface area contributed by atoms with E-state index >= 15 is 0 Å². The molecule has 34 heavy (non-hydrogen) atoms. The summed E-state index contributed by atoms with van der Waals surface area (Å²) in [6, 6.07) is 15.4. The number of fused-ring (bicyclic) bond motifs is 2. The molecular weight excluding hydrogens is 485 g/mol. The van der Waals surface area contributed by atoms with Gasteiger partial charge in [-0.1, -0.05) is 35.5 Å². The summed E-state index contributed by atoms with van der Waals surface area (Å²) in [5.74, 6) is -1.07. The van der Waals surface area contributed by atoms with Gasteiger partial charge in [-0.05, 0) is 48.0 Å². The van der Waals surface area contributed by atoms with Gasteiger partial charge in [0.2, 0.25) is 0 Å². The maximum Gasteiger partial charge on any atom is 0.398 e. The Labute approximate surface area is 200 Å². The fraction of sp³-hybridized carbons (Fsp3) is 0.125. The van der Waals surface area contributed by atoms with E-state index in [0.29, 0.717) is 38.9 Å². The van der Waals surface area contributed by atoms with Crippen LogP contribution in [-0.2, 0) is 7.05 Å². The lowest BCUT2D eigenvalue weighted by molar-refractivity contribution is -0.105. The van der Waals surface area contributed by atoms with Crippen molar-refractivity contribution in [1.82, 2.24) is 19.3 Å². The Hall–Kier alpha value is -3.30. The van der Waals surface area contributed by atoms with Crippen molar-refractivity contribution in [1.29, 1.82) is 0 Å². The van der Waals surface area contributed by atoms with Gasteiger partial charge in [-0.2, -0.15) is 18.3 Å². The van der Waals surface area contributed by atoms with Gasteiger partial charge in [0.15, 0.2) is 0 Å². The first-order valence-electron chi connectivity index (χ1n) is 10.1. The van der Waals surface area contributed by atoms with Crippen LogP contribution in [0.4, 0.5) is 13.2 Å². The lowest BCUT2D eigenvalue weighted by Crippen LogP contribution is -2.20. The standard InChI is InChI=1S/C24H16ClF3N4OS/c1-31-11-16-10-18(7-8-19(16)30-31)32-12-15-4-9-20(34-13-24(26,27)28)29-22(15)21(23(32)33)14-2-5-17(25)6-3-14/h2-12H,13H2,1H3. The molecule has 0 radical (unpaired) electrons. The third kappa shape index (κ3) is 4.41. The second-order valence-corrected chi connectivity index (χ2v) is 9.16. The number of halogens is 4. The van der Waals surface area contributed by atoms with E-state index in [1.165, 1.54) is 10.6 Å². The smallest absolute Gasteiger partial charge is 0.283 e. The van der Waals surface area contributed by atoms with Crippen molar-refractivity contribution in [2.75, 3.05) is 5.75 Å². The summed E-state index contributed by atoms with van der Waals surface area (Å²) >= 11 is 6.62. The molecule has 0 saturated carbocycles. The molecule has 0 atom stereocenters. The number of aryl methyl sites for hydroxylation is 1. The van der Waals surface area contributed by atoms with Crippen molar-refractivity contribution >= 4 is 45.2 Å². The Balaban J connectivity index is 1.73. The minimum atomic E-state index is -4.32. The topological polar surface area (TPSA) is 52.7 Å². The predicted octanol–water partition coefficient (Wildman–Crippen LogP) is 6.25. The normalized spacial score (nSPS) is 12.0. The average Bonchev–Trinajstić information content (AvgIpc) is 3.17. The van der Waals surface area contributed by atoms with Crippen LogP contribution in [0.15, 0.2) is 76.8 Å². The Morgan fingerprint density at radius 3 is 2.50 bits per heavy atom. The van der Waals surface area contributed by atoms with Crippen molar-refractivity contribution in [3.63, 3.8) is 0 Å². The van der Waals surface area contributed by atoms with E-state index in [4.69, 9.17) is 11.6 Å². The van der Waals surface area contributed by atoms with E-state index in [1.54, 1.807) is 47.3 Å². The molecule has 0 saturated heterocycles. The summed E-state index contributed by atoms with van der Waals surface area (Å²) in [5, 5.41) is 6.54. The fourth-order valence-corrected chi connectivity index (χ4v) is 4.52. The largest absolute Gasteiger partial charge is 0.398 e. The third-order valence-electron chi connectivity index (χ3n) is 5.24. The highest BCUT2D eigenvalue weighted by molar-refractivity contribution is 7.99. The molecule has 0 bridgehead atoms. The number of nitrogens with zero attached hydrogens (tertiary/aromatic N) is 4. The van der Waals surface area contributed by atoms with Gasteiger partial charge >= 0.3 is 6.18 Å². The minimum Gasteiger partial charge on any atom is -0.283 e. The summed E-state index contributed by atoms with van der Waals surface area (Å²) in [4.78, 5) is 18.2. The van der Waals surface area contributed by atoms with Crippen LogP contribution in [0.5, 0.6) is 0 Å². The summed E-state index contributed by atoms with van der Waals surface area (Å²) in [6.45, 7) is 0. The van der Waals surface area contributed by atoms with Crippen molar-refractivity contribution in [3.8, 4) is 16.8 Å². The average molecular weight is 501 g/mol. The van der Waals surface area contributed by atoms with Crippen LogP contribution < -0.4 is 5.56 Å². The van der Waals surface area contributed by atoms with Gasteiger partial charge in [-0.3, -0.25) is 14.0 Å². The molecule has 0 aliphatic rings. The first-order valence-corrected chi connectivity index (χ1v) is 11.5. The molecule has 5 nitrogen and oxygen atoms in total. The maximum atomic E-state index is 13.7. The second-order valence-electron chi connectivity index (χ2n) is 7.72. The zero-order chi connectivity index (χ0) is 24.0. The fourth-order valence-electron chi connectivity index (χ4n) is 3.77. The van der Waals surface area contributed by atoms with Gasteiger partial charge in [0, 0.05) is 40.9 Å². The molecule has 0 N–H and O–H groups in total. The highest BCUT2D eigenvalue weighted by Gasteiger charge is 2.27. The number of hydrogen-bond acceptors (Lipinski definition) is 4. The number of aromatic nitrogens is 4. The van der Waals surface area contributed by atoms with E-state index in [-0.39, 0.29) is 16.1 Å². The van der Waals surface area contributed by atoms with Crippen LogP contribution in [0.25, 0.3) is 38.6 Å². The Morgan fingerprint density at radius 1 is 1.00 bits per heavy atom. The third-order valence-corrected chi connectivity index (χ3v) is 6.48. The Kier molecular flexibility index (Phi) is 5.61. The SMILES string of the molecule is Cn1cc2cc(-n3cc4ccc(SCC(F)(F)F)nc4c(-c4ccc(Cl)cc4)c3=O)ccc2n1. The predicted molar refractivity (Wildman–Crippen MR) is 129 cm³/mol.